The zero-order valence-electron chi connectivity index (χ0n) is 8.57. The van der Waals surface area contributed by atoms with Gasteiger partial charge in [0.2, 0.25) is 0 Å². The average molecular weight is 210 g/mol. The Hall–Kier alpha value is -0.380. The molecule has 3 heteroatoms. The van der Waals surface area contributed by atoms with Crippen molar-refractivity contribution in [1.29, 1.82) is 0 Å². The summed E-state index contributed by atoms with van der Waals surface area (Å²) in [6.45, 7) is 2.25. The quantitative estimate of drug-likeness (QED) is 0.794. The Balaban J connectivity index is 1.71. The minimum Gasteiger partial charge on any atom is -0.328 e. The Morgan fingerprint density at radius 3 is 3.00 bits per heavy atom. The summed E-state index contributed by atoms with van der Waals surface area (Å²) in [5.74, 6) is 0. The molecule has 1 saturated carbocycles. The van der Waals surface area contributed by atoms with Crippen LogP contribution in [0, 0.1) is 0 Å². The lowest BCUT2D eigenvalue weighted by molar-refractivity contribution is 0.270. The molecule has 1 unspecified atom stereocenters. The summed E-state index contributed by atoms with van der Waals surface area (Å²) in [7, 11) is 0. The van der Waals surface area contributed by atoms with Crippen LogP contribution in [0.15, 0.2) is 16.8 Å². The normalized spacial score (nSPS) is 28.4. The van der Waals surface area contributed by atoms with Crippen molar-refractivity contribution in [1.82, 2.24) is 5.32 Å². The van der Waals surface area contributed by atoms with Gasteiger partial charge in [-0.1, -0.05) is 0 Å². The third-order valence-electron chi connectivity index (χ3n) is 2.82. The second kappa shape index (κ2) is 4.43. The predicted molar refractivity (Wildman–Crippen MR) is 61.6 cm³/mol. The van der Waals surface area contributed by atoms with Crippen LogP contribution in [-0.2, 0) is 6.42 Å². The van der Waals surface area contributed by atoms with E-state index in [1.54, 1.807) is 11.3 Å². The highest BCUT2D eigenvalue weighted by molar-refractivity contribution is 7.07. The van der Waals surface area contributed by atoms with E-state index in [0.717, 1.165) is 19.3 Å². The predicted octanol–water partition coefficient (Wildman–Crippen LogP) is 1.76. The van der Waals surface area contributed by atoms with Crippen LogP contribution < -0.4 is 11.1 Å². The van der Waals surface area contributed by atoms with E-state index in [1.165, 1.54) is 5.56 Å². The maximum Gasteiger partial charge on any atom is 0.00991 e. The molecule has 0 saturated heterocycles. The first-order chi connectivity index (χ1) is 6.74. The van der Waals surface area contributed by atoms with Crippen LogP contribution in [0.5, 0.6) is 0 Å². The molecule has 0 radical (unpaired) electrons. The number of rotatable bonds is 4. The lowest BCUT2D eigenvalue weighted by atomic mass is 9.87. The van der Waals surface area contributed by atoms with Crippen LogP contribution in [0.4, 0.5) is 0 Å². The zero-order chi connectivity index (χ0) is 9.97. The molecule has 1 aromatic heterocycles. The van der Waals surface area contributed by atoms with E-state index in [2.05, 4.69) is 29.1 Å². The van der Waals surface area contributed by atoms with Crippen molar-refractivity contribution in [2.45, 2.75) is 44.3 Å². The summed E-state index contributed by atoms with van der Waals surface area (Å²) in [6, 6.07) is 3.89. The lowest BCUT2D eigenvalue weighted by Crippen LogP contribution is -2.51. The summed E-state index contributed by atoms with van der Waals surface area (Å²) in [5.41, 5.74) is 7.19. The molecule has 2 nitrogen and oxygen atoms in total. The van der Waals surface area contributed by atoms with Gasteiger partial charge in [-0.25, -0.2) is 0 Å². The van der Waals surface area contributed by atoms with E-state index in [4.69, 9.17) is 5.73 Å². The van der Waals surface area contributed by atoms with Gasteiger partial charge in [0.15, 0.2) is 0 Å². The highest BCUT2D eigenvalue weighted by Crippen LogP contribution is 2.18. The summed E-state index contributed by atoms with van der Waals surface area (Å²) < 4.78 is 0. The fraction of sp³-hybridized carbons (Fsp3) is 0.636. The lowest BCUT2D eigenvalue weighted by Gasteiger charge is -2.35. The molecule has 1 aliphatic rings. The first-order valence-electron chi connectivity index (χ1n) is 5.26. The highest BCUT2D eigenvalue weighted by atomic mass is 32.1. The van der Waals surface area contributed by atoms with E-state index < -0.39 is 0 Å². The van der Waals surface area contributed by atoms with Crippen molar-refractivity contribution in [3.05, 3.63) is 22.4 Å². The van der Waals surface area contributed by atoms with E-state index in [-0.39, 0.29) is 0 Å². The summed E-state index contributed by atoms with van der Waals surface area (Å²) in [5, 5.41) is 7.98. The minimum atomic E-state index is 0.445. The highest BCUT2D eigenvalue weighted by Gasteiger charge is 2.26. The maximum absolute atomic E-state index is 5.74. The van der Waals surface area contributed by atoms with E-state index in [0.29, 0.717) is 18.1 Å². The largest absolute Gasteiger partial charge is 0.328 e. The molecular formula is C11H18N2S. The molecule has 1 aliphatic carbocycles. The SMILES string of the molecule is CC(Cc1ccsc1)NC1CC(N)C1. The van der Waals surface area contributed by atoms with Crippen molar-refractivity contribution in [2.75, 3.05) is 0 Å². The van der Waals surface area contributed by atoms with Crippen LogP contribution in [0.3, 0.4) is 0 Å². The minimum absolute atomic E-state index is 0.445. The topological polar surface area (TPSA) is 38.0 Å². The number of hydrogen-bond donors (Lipinski definition) is 2. The van der Waals surface area contributed by atoms with Crippen molar-refractivity contribution in [3.63, 3.8) is 0 Å². The molecule has 3 N–H and O–H groups in total. The van der Waals surface area contributed by atoms with Gasteiger partial charge in [0.1, 0.15) is 0 Å². The molecule has 0 spiro atoms. The molecule has 1 fully saturated rings. The second-order valence-electron chi connectivity index (χ2n) is 4.33. The molecule has 0 aliphatic heterocycles. The first kappa shape index (κ1) is 10.1. The number of nitrogens with two attached hydrogens (primary N) is 1. The van der Waals surface area contributed by atoms with Crippen molar-refractivity contribution in [2.24, 2.45) is 5.73 Å². The Kier molecular flexibility index (Phi) is 3.21. The van der Waals surface area contributed by atoms with Crippen LogP contribution in [0.1, 0.15) is 25.3 Å². The molecule has 1 atom stereocenters. The fourth-order valence-corrected chi connectivity index (χ4v) is 2.70. The van der Waals surface area contributed by atoms with Gasteiger partial charge in [-0.05, 0) is 48.6 Å². The molecule has 0 amide bonds. The molecule has 0 bridgehead atoms. The van der Waals surface area contributed by atoms with Crippen LogP contribution in [0.2, 0.25) is 0 Å². The molecule has 1 aromatic rings. The Bertz CT molecular complexity index is 265. The summed E-state index contributed by atoms with van der Waals surface area (Å²) >= 11 is 1.77. The van der Waals surface area contributed by atoms with Gasteiger partial charge in [-0.15, -0.1) is 0 Å². The van der Waals surface area contributed by atoms with Gasteiger partial charge in [-0.3, -0.25) is 0 Å². The Labute approximate surface area is 89.5 Å². The monoisotopic (exact) mass is 210 g/mol. The third kappa shape index (κ3) is 2.56. The first-order valence-corrected chi connectivity index (χ1v) is 6.21. The standard InChI is InChI=1S/C11H18N2S/c1-8(4-9-2-3-14-7-9)13-11-5-10(12)6-11/h2-3,7-8,10-11,13H,4-6,12H2,1H3. The van der Waals surface area contributed by atoms with Gasteiger partial charge in [0.25, 0.3) is 0 Å². The fourth-order valence-electron chi connectivity index (χ4n) is 2.02. The van der Waals surface area contributed by atoms with Crippen LogP contribution >= 0.6 is 11.3 Å². The molecule has 14 heavy (non-hydrogen) atoms. The summed E-state index contributed by atoms with van der Waals surface area (Å²) in [6.07, 6.45) is 3.43. The van der Waals surface area contributed by atoms with Crippen LogP contribution in [0.25, 0.3) is 0 Å². The summed E-state index contributed by atoms with van der Waals surface area (Å²) in [4.78, 5) is 0. The van der Waals surface area contributed by atoms with Gasteiger partial charge in [0.05, 0.1) is 0 Å². The van der Waals surface area contributed by atoms with Gasteiger partial charge >= 0.3 is 0 Å². The number of thiophene rings is 1. The third-order valence-corrected chi connectivity index (χ3v) is 3.55. The molecule has 0 aromatic carbocycles. The molecular weight excluding hydrogens is 192 g/mol. The maximum atomic E-state index is 5.74. The van der Waals surface area contributed by atoms with Gasteiger partial charge in [0, 0.05) is 18.1 Å². The van der Waals surface area contributed by atoms with E-state index in [1.807, 2.05) is 0 Å². The van der Waals surface area contributed by atoms with Crippen molar-refractivity contribution in [3.8, 4) is 0 Å². The number of hydrogen-bond acceptors (Lipinski definition) is 3. The zero-order valence-corrected chi connectivity index (χ0v) is 9.39. The van der Waals surface area contributed by atoms with E-state index >= 15 is 0 Å². The molecule has 78 valence electrons. The van der Waals surface area contributed by atoms with Crippen molar-refractivity contribution < 1.29 is 0 Å². The smallest absolute Gasteiger partial charge is 0.00991 e. The van der Waals surface area contributed by atoms with Crippen LogP contribution in [-0.4, -0.2) is 18.1 Å². The van der Waals surface area contributed by atoms with Gasteiger partial charge in [-0.2, -0.15) is 11.3 Å². The molecule has 1 heterocycles. The Morgan fingerprint density at radius 1 is 1.64 bits per heavy atom. The number of nitrogens with one attached hydrogen (secondary N) is 1. The molecule has 2 rings (SSSR count). The van der Waals surface area contributed by atoms with Gasteiger partial charge < -0.3 is 11.1 Å². The Morgan fingerprint density at radius 2 is 2.43 bits per heavy atom. The van der Waals surface area contributed by atoms with Crippen molar-refractivity contribution >= 4 is 11.3 Å². The average Bonchev–Trinajstić information content (AvgIpc) is 2.54. The second-order valence-corrected chi connectivity index (χ2v) is 5.11. The van der Waals surface area contributed by atoms with E-state index in [9.17, 15) is 0 Å².